The first-order valence-corrected chi connectivity index (χ1v) is 18.5. The van der Waals surface area contributed by atoms with Crippen molar-refractivity contribution in [1.29, 1.82) is 0 Å². The van der Waals surface area contributed by atoms with Crippen molar-refractivity contribution in [3.63, 3.8) is 0 Å². The molecule has 1 aliphatic heterocycles. The highest BCUT2D eigenvalue weighted by molar-refractivity contribution is 8.47. The van der Waals surface area contributed by atoms with Crippen LogP contribution in [0.5, 0.6) is 0 Å². The molecule has 1 fully saturated rings. The summed E-state index contributed by atoms with van der Waals surface area (Å²) in [4.78, 5) is 41.0. The lowest BCUT2D eigenvalue weighted by Crippen LogP contribution is -2.65. The maximum absolute atomic E-state index is 14.7. The Morgan fingerprint density at radius 1 is 0.913 bits per heavy atom. The minimum Gasteiger partial charge on any atom is -0.456 e. The number of nitro groups is 1. The Hall–Kier alpha value is -3.73. The molecule has 4 aromatic rings. The summed E-state index contributed by atoms with van der Waals surface area (Å²) in [5.74, 6) is -1.12. The van der Waals surface area contributed by atoms with Crippen molar-refractivity contribution in [2.75, 3.05) is 12.4 Å². The maximum Gasteiger partial charge on any atom is 0.356 e. The van der Waals surface area contributed by atoms with E-state index in [9.17, 15) is 24.8 Å². The Labute approximate surface area is 281 Å². The van der Waals surface area contributed by atoms with E-state index >= 15 is 0 Å². The zero-order chi connectivity index (χ0) is 32.7. The third-order valence-corrected chi connectivity index (χ3v) is 14.5. The number of aliphatic hydroxyl groups is 1. The molecule has 236 valence electrons. The van der Waals surface area contributed by atoms with Crippen LogP contribution in [0.2, 0.25) is 0 Å². The van der Waals surface area contributed by atoms with Gasteiger partial charge in [0.25, 0.3) is 5.69 Å². The van der Waals surface area contributed by atoms with E-state index in [1.54, 1.807) is 0 Å². The van der Waals surface area contributed by atoms with E-state index in [0.717, 1.165) is 21.7 Å². The van der Waals surface area contributed by atoms with Gasteiger partial charge in [0.2, 0.25) is 5.91 Å². The number of β-lactam (4-membered cyclic amide) rings is 1. The number of aliphatic hydroxyl groups excluding tert-OH is 1. The number of non-ortho nitro benzene ring substituents is 1. The van der Waals surface area contributed by atoms with Gasteiger partial charge in [-0.3, -0.25) is 19.8 Å². The van der Waals surface area contributed by atoms with Crippen LogP contribution in [-0.4, -0.2) is 53.5 Å². The quantitative estimate of drug-likeness (QED) is 0.0560. The highest BCUT2D eigenvalue weighted by Gasteiger charge is 2.54. The molecule has 12 heteroatoms. The normalized spacial score (nSPS) is 16.0. The Morgan fingerprint density at radius 3 is 1.85 bits per heavy atom. The van der Waals surface area contributed by atoms with Gasteiger partial charge in [-0.15, -0.1) is 11.8 Å². The standard InChI is InChI=1S/C34H31N2O6PS3/c1-2-45-34(44)46-32-29(22-37)30(38)35(32)31(33(39)42-23-24-18-20-25(21-19-24)36(40)41)43(26-12-6-3-7-13-26,27-14-8-4-9-15-27)28-16-10-5-11-17-28/h3-21,29,32,37H,2,22-23H2,1H3. The average Bonchev–Trinajstić information content (AvgIpc) is 3.09. The van der Waals surface area contributed by atoms with E-state index in [4.69, 9.17) is 17.0 Å². The first-order chi connectivity index (χ1) is 22.3. The highest BCUT2D eigenvalue weighted by atomic mass is 32.2. The summed E-state index contributed by atoms with van der Waals surface area (Å²) in [7, 11) is 0. The third-order valence-electron chi connectivity index (χ3n) is 7.51. The number of amides is 1. The molecule has 1 saturated heterocycles. The summed E-state index contributed by atoms with van der Waals surface area (Å²) in [5.41, 5.74) is 0.650. The molecule has 0 saturated carbocycles. The van der Waals surface area contributed by atoms with Crippen LogP contribution < -0.4 is 15.9 Å². The number of nitro benzene ring substituents is 1. The summed E-state index contributed by atoms with van der Waals surface area (Å²) < 4.78 is 6.62. The van der Waals surface area contributed by atoms with Gasteiger partial charge in [-0.2, -0.15) is 0 Å². The lowest BCUT2D eigenvalue weighted by atomic mass is 9.99. The maximum atomic E-state index is 14.7. The van der Waals surface area contributed by atoms with Gasteiger partial charge >= 0.3 is 5.97 Å². The molecule has 46 heavy (non-hydrogen) atoms. The number of thiocarbonyl (C=S) groups is 1. The second-order valence-corrected chi connectivity index (χ2v) is 17.1. The summed E-state index contributed by atoms with van der Waals surface area (Å²) in [6.07, 6.45) is 0. The molecule has 0 aliphatic carbocycles. The van der Waals surface area contributed by atoms with Crippen LogP contribution in [0.15, 0.2) is 115 Å². The van der Waals surface area contributed by atoms with E-state index in [1.807, 2.05) is 97.9 Å². The summed E-state index contributed by atoms with van der Waals surface area (Å²) >= 11 is 8.38. The van der Waals surface area contributed by atoms with Gasteiger partial charge in [-0.25, -0.2) is 4.79 Å². The van der Waals surface area contributed by atoms with E-state index in [-0.39, 0.29) is 17.7 Å². The number of rotatable bonds is 11. The Morgan fingerprint density at radius 2 is 1.41 bits per heavy atom. The molecular weight excluding hydrogens is 660 g/mol. The van der Waals surface area contributed by atoms with E-state index in [1.165, 1.54) is 52.7 Å². The van der Waals surface area contributed by atoms with Crippen LogP contribution in [-0.2, 0) is 20.9 Å². The number of hydrogen-bond acceptors (Lipinski definition) is 9. The molecule has 2 atom stereocenters. The number of esters is 1. The van der Waals surface area contributed by atoms with Crippen molar-refractivity contribution in [3.8, 4) is 0 Å². The van der Waals surface area contributed by atoms with Gasteiger partial charge in [-0.1, -0.05) is 122 Å². The summed E-state index contributed by atoms with van der Waals surface area (Å²) in [6, 6.07) is 34.7. The smallest absolute Gasteiger partial charge is 0.356 e. The molecule has 1 amide bonds. The molecule has 1 aliphatic rings. The van der Waals surface area contributed by atoms with Crippen LogP contribution in [0, 0.1) is 16.0 Å². The fourth-order valence-electron chi connectivity index (χ4n) is 5.40. The van der Waals surface area contributed by atoms with Crippen LogP contribution in [0.4, 0.5) is 5.69 Å². The van der Waals surface area contributed by atoms with Gasteiger partial charge in [0.15, 0.2) is 0 Å². The molecule has 5 rings (SSSR count). The number of carbonyl (C=O) groups is 2. The molecular formula is C34H31N2O6PS3. The van der Waals surface area contributed by atoms with Gasteiger partial charge < -0.3 is 9.84 Å². The second-order valence-electron chi connectivity index (χ2n) is 10.2. The summed E-state index contributed by atoms with van der Waals surface area (Å²) in [5, 5.41) is 23.4. The van der Waals surface area contributed by atoms with Gasteiger partial charge in [0, 0.05) is 19.0 Å². The van der Waals surface area contributed by atoms with Gasteiger partial charge in [-0.05, 0) is 39.4 Å². The molecule has 0 spiro atoms. The lowest BCUT2D eigenvalue weighted by Gasteiger charge is -2.48. The van der Waals surface area contributed by atoms with Crippen molar-refractivity contribution in [2.45, 2.75) is 18.9 Å². The molecule has 0 bridgehead atoms. The van der Waals surface area contributed by atoms with Crippen molar-refractivity contribution in [3.05, 3.63) is 131 Å². The third kappa shape index (κ3) is 6.70. The number of nitrogens with zero attached hydrogens (tertiary/aromatic N) is 2. The monoisotopic (exact) mass is 690 g/mol. The average molecular weight is 691 g/mol. The fraction of sp³-hybridized carbons (Fsp3) is 0.176. The van der Waals surface area contributed by atoms with Crippen LogP contribution in [0.3, 0.4) is 0 Å². The number of hydrogen-bond donors (Lipinski definition) is 1. The molecule has 1 heterocycles. The van der Waals surface area contributed by atoms with Crippen LogP contribution in [0.25, 0.3) is 0 Å². The number of benzene rings is 4. The Balaban J connectivity index is 1.80. The van der Waals surface area contributed by atoms with Gasteiger partial charge in [0.1, 0.15) is 20.9 Å². The molecule has 0 radical (unpaired) electrons. The SMILES string of the molecule is CCSC(=S)SC1C(CO)C(=O)N1C(C(=O)OCc1ccc([N+](=O)[O-])cc1)=P(c1ccccc1)(c1ccccc1)c1ccccc1. The number of likely N-dealkylation sites (tertiary alicyclic amines) is 1. The predicted molar refractivity (Wildman–Crippen MR) is 193 cm³/mol. The minimum absolute atomic E-state index is 0.0773. The van der Waals surface area contributed by atoms with Crippen molar-refractivity contribution < 1.29 is 24.4 Å². The first-order valence-electron chi connectivity index (χ1n) is 14.4. The molecule has 8 nitrogen and oxygen atoms in total. The minimum atomic E-state index is -3.14. The molecule has 1 N–H and O–H groups in total. The summed E-state index contributed by atoms with van der Waals surface area (Å²) in [6.45, 7) is -1.73. The molecule has 4 aromatic carbocycles. The zero-order valence-electron chi connectivity index (χ0n) is 24.8. The van der Waals surface area contributed by atoms with E-state index in [0.29, 0.717) is 9.09 Å². The Kier molecular flexibility index (Phi) is 11.1. The van der Waals surface area contributed by atoms with Crippen molar-refractivity contribution in [2.24, 2.45) is 5.92 Å². The topological polar surface area (TPSA) is 110 Å². The van der Waals surface area contributed by atoms with E-state index in [2.05, 4.69) is 0 Å². The van der Waals surface area contributed by atoms with Crippen molar-refractivity contribution >= 4 is 85.1 Å². The predicted octanol–water partition coefficient (Wildman–Crippen LogP) is 5.31. The molecule has 2 unspecified atom stereocenters. The van der Waals surface area contributed by atoms with Gasteiger partial charge in [0.05, 0.1) is 17.4 Å². The van der Waals surface area contributed by atoms with Crippen LogP contribution in [0.1, 0.15) is 12.5 Å². The largest absolute Gasteiger partial charge is 0.456 e. The molecule has 0 aromatic heterocycles. The lowest BCUT2D eigenvalue weighted by molar-refractivity contribution is -0.384. The van der Waals surface area contributed by atoms with E-state index < -0.39 is 41.6 Å². The van der Waals surface area contributed by atoms with Crippen LogP contribution >= 0.6 is 42.6 Å². The second kappa shape index (κ2) is 15.2. The van der Waals surface area contributed by atoms with Crippen molar-refractivity contribution in [1.82, 2.24) is 4.90 Å². The number of thioether (sulfide) groups is 2. The first kappa shape index (κ1) is 33.6. The number of carbonyl (C=O) groups excluding carboxylic acids is 2. The number of ether oxygens (including phenoxy) is 1. The highest BCUT2D eigenvalue weighted by Crippen LogP contribution is 2.51. The Bertz CT molecular complexity index is 1670. The fourth-order valence-corrected chi connectivity index (χ4v) is 12.5. The zero-order valence-corrected chi connectivity index (χ0v) is 28.1.